The molecule has 2 heterocycles. The van der Waals surface area contributed by atoms with E-state index in [0.717, 1.165) is 49.2 Å². The van der Waals surface area contributed by atoms with Crippen LogP contribution in [0.5, 0.6) is 0 Å². The molecule has 2 atom stereocenters. The summed E-state index contributed by atoms with van der Waals surface area (Å²) in [6.07, 6.45) is 7.34. The molecule has 1 saturated heterocycles. The first kappa shape index (κ1) is 22.4. The lowest BCUT2D eigenvalue weighted by Gasteiger charge is -2.41. The zero-order chi connectivity index (χ0) is 21.8. The fourth-order valence-corrected chi connectivity index (χ4v) is 5.59. The lowest BCUT2D eigenvalue weighted by Crippen LogP contribution is -2.50. The van der Waals surface area contributed by atoms with E-state index in [0.29, 0.717) is 24.1 Å². The van der Waals surface area contributed by atoms with Crippen molar-refractivity contribution in [1.82, 2.24) is 15.1 Å². The number of ether oxygens (including phenoxy) is 2. The van der Waals surface area contributed by atoms with Crippen molar-refractivity contribution in [2.45, 2.75) is 62.5 Å². The topological polar surface area (TPSA) is 67.5 Å². The van der Waals surface area contributed by atoms with Gasteiger partial charge in [0, 0.05) is 17.5 Å². The molecule has 1 aliphatic heterocycles. The molecule has 6 nitrogen and oxygen atoms in total. The van der Waals surface area contributed by atoms with E-state index in [4.69, 9.17) is 32.7 Å². The minimum atomic E-state index is -0.323. The number of aromatic amines is 1. The van der Waals surface area contributed by atoms with E-state index >= 15 is 0 Å². The highest BCUT2D eigenvalue weighted by Crippen LogP contribution is 2.39. The van der Waals surface area contributed by atoms with Crippen molar-refractivity contribution in [3.63, 3.8) is 0 Å². The molecule has 0 unspecified atom stereocenters. The van der Waals surface area contributed by atoms with Crippen LogP contribution in [-0.4, -0.2) is 53.6 Å². The Balaban J connectivity index is 1.40. The van der Waals surface area contributed by atoms with Crippen LogP contribution in [0.4, 0.5) is 4.79 Å². The average Bonchev–Trinajstić information content (AvgIpc) is 3.23. The smallest absolute Gasteiger partial charge is 0.409 e. The van der Waals surface area contributed by atoms with Gasteiger partial charge in [-0.05, 0) is 56.1 Å². The van der Waals surface area contributed by atoms with Crippen LogP contribution in [0.2, 0.25) is 10.0 Å². The van der Waals surface area contributed by atoms with Crippen molar-refractivity contribution < 1.29 is 14.3 Å². The normalized spacial score (nSPS) is 26.6. The van der Waals surface area contributed by atoms with Gasteiger partial charge in [-0.15, -0.1) is 0 Å². The number of methoxy groups -OCH3 is 1. The Labute approximate surface area is 193 Å². The highest BCUT2D eigenvalue weighted by molar-refractivity contribution is 6.31. The first-order valence-electron chi connectivity index (χ1n) is 11.0. The van der Waals surface area contributed by atoms with Gasteiger partial charge in [0.1, 0.15) is 0 Å². The van der Waals surface area contributed by atoms with Gasteiger partial charge in [0.25, 0.3) is 0 Å². The number of H-pyrrole nitrogens is 1. The van der Waals surface area contributed by atoms with Crippen LogP contribution in [-0.2, 0) is 9.47 Å². The molecule has 2 fully saturated rings. The Morgan fingerprint density at radius 1 is 1.16 bits per heavy atom. The molecule has 1 aromatic heterocycles. The summed E-state index contributed by atoms with van der Waals surface area (Å²) in [6.45, 7) is 1.11. The summed E-state index contributed by atoms with van der Waals surface area (Å²) < 4.78 is 11.4. The van der Waals surface area contributed by atoms with Gasteiger partial charge in [0.2, 0.25) is 0 Å². The zero-order valence-electron chi connectivity index (χ0n) is 17.7. The van der Waals surface area contributed by atoms with E-state index in [1.54, 1.807) is 11.1 Å². The Morgan fingerprint density at radius 3 is 2.61 bits per heavy atom. The average molecular weight is 466 g/mol. The van der Waals surface area contributed by atoms with Crippen LogP contribution in [0.25, 0.3) is 0 Å². The molecule has 2 aliphatic rings. The van der Waals surface area contributed by atoms with Crippen molar-refractivity contribution in [1.29, 1.82) is 0 Å². The minimum absolute atomic E-state index is 0.0438. The molecule has 1 N–H and O–H groups in total. The Morgan fingerprint density at radius 2 is 1.94 bits per heavy atom. The van der Waals surface area contributed by atoms with E-state index in [-0.39, 0.29) is 24.2 Å². The maximum Gasteiger partial charge on any atom is 0.409 e. The van der Waals surface area contributed by atoms with Crippen molar-refractivity contribution in [3.8, 4) is 0 Å². The van der Waals surface area contributed by atoms with Crippen LogP contribution < -0.4 is 0 Å². The van der Waals surface area contributed by atoms with E-state index in [1.165, 1.54) is 12.7 Å². The third-order valence-electron chi connectivity index (χ3n) is 6.70. The quantitative estimate of drug-likeness (QED) is 0.607. The summed E-state index contributed by atoms with van der Waals surface area (Å²) in [5.41, 5.74) is 2.10. The van der Waals surface area contributed by atoms with Crippen LogP contribution in [0.1, 0.15) is 61.6 Å². The lowest BCUT2D eigenvalue weighted by molar-refractivity contribution is -0.0242. The number of aromatic nitrogens is 2. The van der Waals surface area contributed by atoms with Gasteiger partial charge in [0.05, 0.1) is 42.8 Å². The number of nitrogens with zero attached hydrogens (tertiary/aromatic N) is 2. The molecule has 8 heteroatoms. The van der Waals surface area contributed by atoms with Gasteiger partial charge >= 0.3 is 6.09 Å². The molecule has 1 amide bonds. The molecule has 0 radical (unpaired) electrons. The number of halogens is 2. The zero-order valence-corrected chi connectivity index (χ0v) is 19.2. The maximum atomic E-state index is 12.4. The Bertz CT molecular complexity index is 882. The van der Waals surface area contributed by atoms with E-state index in [1.807, 2.05) is 12.1 Å². The van der Waals surface area contributed by atoms with Gasteiger partial charge in [-0.25, -0.2) is 4.79 Å². The van der Waals surface area contributed by atoms with Crippen LogP contribution >= 0.6 is 23.2 Å². The highest BCUT2D eigenvalue weighted by Gasteiger charge is 2.38. The van der Waals surface area contributed by atoms with Crippen LogP contribution in [0.15, 0.2) is 30.5 Å². The number of carbonyl (C=O) groups is 1. The predicted octanol–water partition coefficient (Wildman–Crippen LogP) is 5.77. The summed E-state index contributed by atoms with van der Waals surface area (Å²) >= 11 is 12.7. The van der Waals surface area contributed by atoms with Gasteiger partial charge in [-0.1, -0.05) is 41.4 Å². The SMILES string of the molecule is COC(=O)N1CCC[C@H](c2[nH]ncc2Cl)[C@@H]1COC1CCC(c2ccccc2Cl)CC1. The second-order valence-corrected chi connectivity index (χ2v) is 9.25. The summed E-state index contributed by atoms with van der Waals surface area (Å²) in [7, 11) is 1.42. The minimum Gasteiger partial charge on any atom is -0.453 e. The second-order valence-electron chi connectivity index (χ2n) is 8.44. The molecular formula is C23H29Cl2N3O3. The number of benzene rings is 1. The third-order valence-corrected chi connectivity index (χ3v) is 7.35. The molecule has 2 aromatic rings. The summed E-state index contributed by atoms with van der Waals surface area (Å²) in [5.74, 6) is 0.522. The molecule has 1 saturated carbocycles. The van der Waals surface area contributed by atoms with Crippen LogP contribution in [0, 0.1) is 0 Å². The van der Waals surface area contributed by atoms with Crippen molar-refractivity contribution in [2.75, 3.05) is 20.3 Å². The molecule has 4 rings (SSSR count). The fourth-order valence-electron chi connectivity index (χ4n) is 5.07. The highest BCUT2D eigenvalue weighted by atomic mass is 35.5. The fraction of sp³-hybridized carbons (Fsp3) is 0.565. The number of rotatable bonds is 5. The van der Waals surface area contributed by atoms with Crippen molar-refractivity contribution in [2.24, 2.45) is 0 Å². The largest absolute Gasteiger partial charge is 0.453 e. The van der Waals surface area contributed by atoms with Gasteiger partial charge in [0.15, 0.2) is 0 Å². The molecule has 0 spiro atoms. The summed E-state index contributed by atoms with van der Waals surface area (Å²) in [5, 5.41) is 8.54. The number of amides is 1. The molecular weight excluding hydrogens is 437 g/mol. The second kappa shape index (κ2) is 10.2. The lowest BCUT2D eigenvalue weighted by atomic mass is 9.82. The first-order valence-corrected chi connectivity index (χ1v) is 11.7. The number of likely N-dealkylation sites (tertiary alicyclic amines) is 1. The number of piperidine rings is 1. The Kier molecular flexibility index (Phi) is 7.41. The molecule has 168 valence electrons. The van der Waals surface area contributed by atoms with Crippen molar-refractivity contribution in [3.05, 3.63) is 51.8 Å². The summed E-state index contributed by atoms with van der Waals surface area (Å²) in [4.78, 5) is 14.2. The molecule has 31 heavy (non-hydrogen) atoms. The van der Waals surface area contributed by atoms with E-state index in [9.17, 15) is 4.79 Å². The van der Waals surface area contributed by atoms with Crippen LogP contribution in [0.3, 0.4) is 0 Å². The third kappa shape index (κ3) is 5.02. The maximum absolute atomic E-state index is 12.4. The summed E-state index contributed by atoms with van der Waals surface area (Å²) in [6, 6.07) is 7.98. The van der Waals surface area contributed by atoms with Gasteiger partial charge in [-0.2, -0.15) is 5.10 Å². The van der Waals surface area contributed by atoms with E-state index in [2.05, 4.69) is 22.3 Å². The van der Waals surface area contributed by atoms with Gasteiger partial charge in [-0.3, -0.25) is 5.10 Å². The monoisotopic (exact) mass is 465 g/mol. The number of hydrogen-bond acceptors (Lipinski definition) is 4. The molecule has 0 bridgehead atoms. The number of hydrogen-bond donors (Lipinski definition) is 1. The number of nitrogens with one attached hydrogen (secondary N) is 1. The van der Waals surface area contributed by atoms with Gasteiger partial charge < -0.3 is 14.4 Å². The van der Waals surface area contributed by atoms with E-state index < -0.39 is 0 Å². The van der Waals surface area contributed by atoms with Crippen molar-refractivity contribution >= 4 is 29.3 Å². The molecule has 1 aromatic carbocycles. The first-order chi connectivity index (χ1) is 15.1. The standard InChI is InChI=1S/C23H29Cl2N3O3/c1-30-23(29)28-12-4-6-18(22-20(25)13-26-27-22)21(28)14-31-16-10-8-15(9-11-16)17-5-2-3-7-19(17)24/h2-3,5,7,13,15-16,18,21H,4,6,8-12,14H2,1H3,(H,26,27)/t15?,16?,18-,21-/m0/s1. The molecule has 1 aliphatic carbocycles. The number of carbonyl (C=O) groups excluding carboxylic acids is 1. The Hall–Kier alpha value is -1.76. The predicted molar refractivity (Wildman–Crippen MR) is 121 cm³/mol.